The van der Waals surface area contributed by atoms with Gasteiger partial charge < -0.3 is 9.47 Å². The monoisotopic (exact) mass is 264 g/mol. The Labute approximate surface area is 113 Å². The standard InChI is InChI=1S/C14H20N2O3/c1-10(2)3-6-14(17)16-15-8-11-4-5-12-13(7-11)19-9-18-12/h4-5,7,10,15H,3,6,8-9H2,1-2H3,(H,16,17). The van der Waals surface area contributed by atoms with Gasteiger partial charge in [0.25, 0.3) is 0 Å². The molecule has 0 unspecified atom stereocenters. The van der Waals surface area contributed by atoms with Crippen molar-refractivity contribution in [3.63, 3.8) is 0 Å². The van der Waals surface area contributed by atoms with Crippen LogP contribution in [0.5, 0.6) is 11.5 Å². The van der Waals surface area contributed by atoms with Crippen molar-refractivity contribution >= 4 is 5.91 Å². The first-order chi connectivity index (χ1) is 9.15. The molecule has 1 aliphatic rings. The van der Waals surface area contributed by atoms with Crippen molar-refractivity contribution in [2.45, 2.75) is 33.2 Å². The number of benzene rings is 1. The molecule has 0 radical (unpaired) electrons. The highest BCUT2D eigenvalue weighted by molar-refractivity contribution is 5.75. The van der Waals surface area contributed by atoms with Gasteiger partial charge in [-0.2, -0.15) is 0 Å². The zero-order chi connectivity index (χ0) is 13.7. The van der Waals surface area contributed by atoms with Crippen LogP contribution in [0.4, 0.5) is 0 Å². The Morgan fingerprint density at radius 3 is 2.89 bits per heavy atom. The Hall–Kier alpha value is -1.75. The summed E-state index contributed by atoms with van der Waals surface area (Å²) in [6, 6.07) is 5.73. The van der Waals surface area contributed by atoms with Crippen LogP contribution >= 0.6 is 0 Å². The molecular formula is C14H20N2O3. The molecule has 0 saturated heterocycles. The van der Waals surface area contributed by atoms with Crippen LogP contribution in [-0.2, 0) is 11.3 Å². The molecule has 0 atom stereocenters. The maximum Gasteiger partial charge on any atom is 0.234 e. The van der Waals surface area contributed by atoms with E-state index in [2.05, 4.69) is 24.7 Å². The molecule has 1 aliphatic heterocycles. The van der Waals surface area contributed by atoms with Crippen LogP contribution < -0.4 is 20.3 Å². The molecule has 2 N–H and O–H groups in total. The first kappa shape index (κ1) is 13.7. The number of fused-ring (bicyclic) bond motifs is 1. The first-order valence-corrected chi connectivity index (χ1v) is 6.55. The van der Waals surface area contributed by atoms with Crippen LogP contribution in [0.2, 0.25) is 0 Å². The normalized spacial score (nSPS) is 12.8. The highest BCUT2D eigenvalue weighted by atomic mass is 16.7. The summed E-state index contributed by atoms with van der Waals surface area (Å²) in [4.78, 5) is 11.5. The van der Waals surface area contributed by atoms with Crippen molar-refractivity contribution in [1.29, 1.82) is 0 Å². The maximum absolute atomic E-state index is 11.5. The smallest absolute Gasteiger partial charge is 0.234 e. The predicted molar refractivity (Wildman–Crippen MR) is 71.6 cm³/mol. The topological polar surface area (TPSA) is 59.6 Å². The van der Waals surface area contributed by atoms with E-state index in [4.69, 9.17) is 9.47 Å². The zero-order valence-corrected chi connectivity index (χ0v) is 11.4. The molecule has 1 aromatic carbocycles. The number of hydrogen-bond acceptors (Lipinski definition) is 4. The van der Waals surface area contributed by atoms with E-state index in [9.17, 15) is 4.79 Å². The van der Waals surface area contributed by atoms with Crippen molar-refractivity contribution in [2.75, 3.05) is 6.79 Å². The van der Waals surface area contributed by atoms with Gasteiger partial charge in [-0.1, -0.05) is 19.9 Å². The van der Waals surface area contributed by atoms with Crippen LogP contribution in [0.3, 0.4) is 0 Å². The highest BCUT2D eigenvalue weighted by Gasteiger charge is 2.12. The summed E-state index contributed by atoms with van der Waals surface area (Å²) in [5.74, 6) is 2.09. The number of nitrogens with one attached hydrogen (secondary N) is 2. The molecule has 0 saturated carbocycles. The van der Waals surface area contributed by atoms with Crippen LogP contribution in [0, 0.1) is 5.92 Å². The lowest BCUT2D eigenvalue weighted by molar-refractivity contribution is -0.122. The first-order valence-electron chi connectivity index (χ1n) is 6.55. The molecule has 0 aromatic heterocycles. The second-order valence-electron chi connectivity index (χ2n) is 5.02. The largest absolute Gasteiger partial charge is 0.454 e. The van der Waals surface area contributed by atoms with Gasteiger partial charge in [-0.05, 0) is 30.0 Å². The van der Waals surface area contributed by atoms with Crippen molar-refractivity contribution in [3.05, 3.63) is 23.8 Å². The Kier molecular flexibility index (Phi) is 4.63. The third-order valence-electron chi connectivity index (χ3n) is 2.91. The number of amides is 1. The maximum atomic E-state index is 11.5. The number of hydrazine groups is 1. The minimum absolute atomic E-state index is 0.0226. The fourth-order valence-electron chi connectivity index (χ4n) is 1.78. The summed E-state index contributed by atoms with van der Waals surface area (Å²) >= 11 is 0. The summed E-state index contributed by atoms with van der Waals surface area (Å²) in [6.07, 6.45) is 1.45. The molecule has 1 amide bonds. The van der Waals surface area contributed by atoms with E-state index in [-0.39, 0.29) is 12.7 Å². The molecule has 5 heteroatoms. The van der Waals surface area contributed by atoms with Crippen LogP contribution in [0.1, 0.15) is 32.3 Å². The Balaban J connectivity index is 1.72. The molecule has 19 heavy (non-hydrogen) atoms. The number of hydrogen-bond donors (Lipinski definition) is 2. The number of carbonyl (C=O) groups is 1. The summed E-state index contributed by atoms with van der Waals surface area (Å²) in [5, 5.41) is 0. The van der Waals surface area contributed by atoms with E-state index in [0.29, 0.717) is 18.9 Å². The Bertz CT molecular complexity index is 446. The van der Waals surface area contributed by atoms with Crippen LogP contribution in [0.25, 0.3) is 0 Å². The minimum Gasteiger partial charge on any atom is -0.454 e. The second-order valence-corrected chi connectivity index (χ2v) is 5.02. The zero-order valence-electron chi connectivity index (χ0n) is 11.4. The molecule has 2 rings (SSSR count). The molecule has 0 bridgehead atoms. The fraction of sp³-hybridized carbons (Fsp3) is 0.500. The van der Waals surface area contributed by atoms with Gasteiger partial charge >= 0.3 is 0 Å². The van der Waals surface area contributed by atoms with E-state index in [1.807, 2.05) is 18.2 Å². The molecular weight excluding hydrogens is 244 g/mol. The number of ether oxygens (including phenoxy) is 2. The summed E-state index contributed by atoms with van der Waals surface area (Å²) in [5.41, 5.74) is 6.65. The molecule has 0 aliphatic carbocycles. The summed E-state index contributed by atoms with van der Waals surface area (Å²) in [7, 11) is 0. The van der Waals surface area contributed by atoms with E-state index in [1.54, 1.807) is 0 Å². The average molecular weight is 264 g/mol. The van der Waals surface area contributed by atoms with Crippen LogP contribution in [0.15, 0.2) is 18.2 Å². The van der Waals surface area contributed by atoms with Crippen molar-refractivity contribution in [1.82, 2.24) is 10.9 Å². The second kappa shape index (κ2) is 6.43. The van der Waals surface area contributed by atoms with Gasteiger partial charge in [0.15, 0.2) is 11.5 Å². The lowest BCUT2D eigenvalue weighted by Gasteiger charge is -2.08. The third-order valence-corrected chi connectivity index (χ3v) is 2.91. The van der Waals surface area contributed by atoms with Gasteiger partial charge in [-0.3, -0.25) is 10.2 Å². The quantitative estimate of drug-likeness (QED) is 0.771. The molecule has 1 aromatic rings. The van der Waals surface area contributed by atoms with E-state index in [1.165, 1.54) is 0 Å². The molecule has 0 spiro atoms. The predicted octanol–water partition coefficient (Wildman–Crippen LogP) is 1.97. The number of rotatable bonds is 6. The summed E-state index contributed by atoms with van der Waals surface area (Å²) in [6.45, 7) is 5.04. The van der Waals surface area contributed by atoms with Gasteiger partial charge in [0.2, 0.25) is 12.7 Å². The minimum atomic E-state index is 0.0226. The summed E-state index contributed by atoms with van der Waals surface area (Å²) < 4.78 is 10.5. The van der Waals surface area contributed by atoms with Crippen LogP contribution in [-0.4, -0.2) is 12.7 Å². The van der Waals surface area contributed by atoms with Crippen molar-refractivity contribution in [3.8, 4) is 11.5 Å². The molecule has 1 heterocycles. The molecule has 5 nitrogen and oxygen atoms in total. The average Bonchev–Trinajstić information content (AvgIpc) is 2.83. The van der Waals surface area contributed by atoms with Gasteiger partial charge in [0.1, 0.15) is 0 Å². The number of carbonyl (C=O) groups excluding carboxylic acids is 1. The lowest BCUT2D eigenvalue weighted by atomic mass is 10.1. The fourth-order valence-corrected chi connectivity index (χ4v) is 1.78. The SMILES string of the molecule is CC(C)CCC(=O)NNCc1ccc2c(c1)OCO2. The Morgan fingerprint density at radius 2 is 2.11 bits per heavy atom. The Morgan fingerprint density at radius 1 is 1.32 bits per heavy atom. The lowest BCUT2D eigenvalue weighted by Crippen LogP contribution is -2.36. The van der Waals surface area contributed by atoms with E-state index >= 15 is 0 Å². The third kappa shape index (κ3) is 4.13. The van der Waals surface area contributed by atoms with Gasteiger partial charge in [-0.25, -0.2) is 5.43 Å². The van der Waals surface area contributed by atoms with E-state index < -0.39 is 0 Å². The van der Waals surface area contributed by atoms with Gasteiger partial charge in [-0.15, -0.1) is 0 Å². The van der Waals surface area contributed by atoms with Crippen molar-refractivity contribution < 1.29 is 14.3 Å². The molecule has 0 fully saturated rings. The van der Waals surface area contributed by atoms with Gasteiger partial charge in [0.05, 0.1) is 0 Å². The van der Waals surface area contributed by atoms with Gasteiger partial charge in [0, 0.05) is 13.0 Å². The van der Waals surface area contributed by atoms with Crippen molar-refractivity contribution in [2.24, 2.45) is 5.92 Å². The molecule has 104 valence electrons. The highest BCUT2D eigenvalue weighted by Crippen LogP contribution is 2.32. The van der Waals surface area contributed by atoms with E-state index in [0.717, 1.165) is 23.5 Å².